The summed E-state index contributed by atoms with van der Waals surface area (Å²) in [6.45, 7) is 2.19. The van der Waals surface area contributed by atoms with Crippen LogP contribution in [0.4, 0.5) is 0 Å². The Hall–Kier alpha value is -0.440. The van der Waals surface area contributed by atoms with Gasteiger partial charge in [-0.2, -0.15) is 0 Å². The van der Waals surface area contributed by atoms with Gasteiger partial charge in [0.25, 0.3) is 0 Å². The molecule has 0 aromatic heterocycles. The van der Waals surface area contributed by atoms with E-state index in [0.29, 0.717) is 18.8 Å². The van der Waals surface area contributed by atoms with Gasteiger partial charge in [-0.3, -0.25) is 4.79 Å². The number of rotatable bonds is 10. The van der Waals surface area contributed by atoms with Crippen LogP contribution in [-0.2, 0) is 32.0 Å². The lowest BCUT2D eigenvalue weighted by molar-refractivity contribution is -0.137. The molecule has 1 rings (SSSR count). The van der Waals surface area contributed by atoms with E-state index in [2.05, 4.69) is 54.2 Å². The number of carbonyl (C=O) groups excluding carboxylic acids is 1. The van der Waals surface area contributed by atoms with Crippen LogP contribution in [-0.4, -0.2) is 28.8 Å². The van der Waals surface area contributed by atoms with Gasteiger partial charge in [-0.25, -0.2) is 0 Å². The number of ether oxygens (including phenoxy) is 1. The first kappa shape index (κ1) is 26.8. The largest absolute Gasteiger partial charge is 0.494 e. The molecular formula is C17H24Br2O4S2. The molecule has 0 fully saturated rings. The molecule has 1 aromatic carbocycles. The lowest BCUT2D eigenvalue weighted by Crippen LogP contribution is -2.00. The molecule has 4 nitrogen and oxygen atoms in total. The first-order valence-electron chi connectivity index (χ1n) is 7.78. The molecule has 0 aliphatic rings. The van der Waals surface area contributed by atoms with Gasteiger partial charge in [-0.15, -0.1) is 0 Å². The summed E-state index contributed by atoms with van der Waals surface area (Å²) in [4.78, 5) is 20.5. The molecule has 0 atom stereocenters. The van der Waals surface area contributed by atoms with Crippen molar-refractivity contribution in [3.63, 3.8) is 0 Å². The molecular weight excluding hydrogens is 492 g/mol. The number of halogens is 2. The Bertz CT molecular complexity index is 487. The maximum Gasteiger partial charge on any atom is 0.303 e. The zero-order valence-corrected chi connectivity index (χ0v) is 19.0. The minimum atomic E-state index is -0.752. The van der Waals surface area contributed by atoms with E-state index in [1.54, 1.807) is 6.92 Å². The van der Waals surface area contributed by atoms with Gasteiger partial charge >= 0.3 is 5.97 Å². The van der Waals surface area contributed by atoms with Gasteiger partial charge in [0.05, 0.1) is 6.61 Å². The second-order valence-corrected chi connectivity index (χ2v) is 6.71. The van der Waals surface area contributed by atoms with Crippen molar-refractivity contribution in [3.05, 3.63) is 28.7 Å². The van der Waals surface area contributed by atoms with Gasteiger partial charge in [-0.1, -0.05) is 37.9 Å². The lowest BCUT2D eigenvalue weighted by atomic mass is 10.2. The summed E-state index contributed by atoms with van der Waals surface area (Å²) in [6, 6.07) is 7.59. The summed E-state index contributed by atoms with van der Waals surface area (Å²) in [5.74, 6) is 0.350. The van der Waals surface area contributed by atoms with Gasteiger partial charge in [0, 0.05) is 45.0 Å². The maximum atomic E-state index is 10.3. The molecule has 1 N–H and O–H groups in total. The standard InChI is InChI=1S/C11H13BrO3.C6H11BrO.S2/c12-9-4-3-5-10(8-9)15-7-2-1-6-11(13)14;1-6(8)4-2-3-5-7;1-2/h3-5,8H,1-2,6-7H2,(H,13,14);2-5H2,1H3;. The van der Waals surface area contributed by atoms with Crippen LogP contribution in [0.1, 0.15) is 45.4 Å². The SMILES string of the molecule is CC(=O)CCCCBr.O=C(O)CCCCOc1cccc(Br)c1.S=S. The molecule has 0 unspecified atom stereocenters. The van der Waals surface area contributed by atoms with Gasteiger partial charge in [0.2, 0.25) is 0 Å². The Morgan fingerprint density at radius 3 is 2.28 bits per heavy atom. The number of carbonyl (C=O) groups is 2. The summed E-state index contributed by atoms with van der Waals surface area (Å²) in [6.07, 6.45) is 4.51. The molecule has 0 bridgehead atoms. The zero-order valence-electron chi connectivity index (χ0n) is 14.2. The van der Waals surface area contributed by atoms with E-state index >= 15 is 0 Å². The van der Waals surface area contributed by atoms with Crippen LogP contribution in [0.15, 0.2) is 28.7 Å². The number of ketones is 1. The molecule has 25 heavy (non-hydrogen) atoms. The van der Waals surface area contributed by atoms with Crippen molar-refractivity contribution in [1.82, 2.24) is 0 Å². The van der Waals surface area contributed by atoms with Crippen LogP contribution in [0.25, 0.3) is 0 Å². The second kappa shape index (κ2) is 19.9. The van der Waals surface area contributed by atoms with Crippen LogP contribution in [0.2, 0.25) is 0 Å². The van der Waals surface area contributed by atoms with Gasteiger partial charge in [0.1, 0.15) is 11.5 Å². The smallest absolute Gasteiger partial charge is 0.303 e. The number of hydrogen-bond donors (Lipinski definition) is 1. The van der Waals surface area contributed by atoms with E-state index in [0.717, 1.165) is 41.2 Å². The summed E-state index contributed by atoms with van der Waals surface area (Å²) in [5.41, 5.74) is 0. The highest BCUT2D eigenvalue weighted by atomic mass is 79.9. The molecule has 0 aliphatic heterocycles. The first-order valence-corrected chi connectivity index (χ1v) is 11.0. The Balaban J connectivity index is 0. The Morgan fingerprint density at radius 2 is 1.76 bits per heavy atom. The van der Waals surface area contributed by atoms with Crippen LogP contribution < -0.4 is 4.74 Å². The van der Waals surface area contributed by atoms with Crippen molar-refractivity contribution in [2.24, 2.45) is 0 Å². The molecule has 0 heterocycles. The average molecular weight is 516 g/mol. The Kier molecular flexibility index (Phi) is 21.3. The fourth-order valence-corrected chi connectivity index (χ4v) is 2.37. The third-order valence-corrected chi connectivity index (χ3v) is 3.82. The van der Waals surface area contributed by atoms with Crippen molar-refractivity contribution < 1.29 is 19.4 Å². The zero-order chi connectivity index (χ0) is 19.5. The number of carboxylic acids is 1. The first-order chi connectivity index (χ1) is 12.0. The van der Waals surface area contributed by atoms with E-state index in [4.69, 9.17) is 9.84 Å². The minimum absolute atomic E-state index is 0.210. The molecule has 0 saturated carbocycles. The fourth-order valence-electron chi connectivity index (χ4n) is 1.59. The van der Waals surface area contributed by atoms with Crippen molar-refractivity contribution in [2.45, 2.75) is 45.4 Å². The van der Waals surface area contributed by atoms with Gasteiger partial charge < -0.3 is 14.6 Å². The number of hydrogen-bond acceptors (Lipinski definition) is 5. The average Bonchev–Trinajstić information content (AvgIpc) is 2.57. The Labute approximate surface area is 176 Å². The fraction of sp³-hybridized carbons (Fsp3) is 0.529. The van der Waals surface area contributed by atoms with Crippen LogP contribution >= 0.6 is 31.9 Å². The van der Waals surface area contributed by atoms with Crippen LogP contribution in [0, 0.1) is 0 Å². The number of carboxylic acid groups (broad SMARTS) is 1. The van der Waals surface area contributed by atoms with E-state index in [1.807, 2.05) is 24.3 Å². The number of alkyl halides is 1. The third-order valence-electron chi connectivity index (χ3n) is 2.76. The molecule has 0 aliphatic carbocycles. The van der Waals surface area contributed by atoms with Crippen molar-refractivity contribution >= 4 is 66.0 Å². The second-order valence-electron chi connectivity index (χ2n) is 5.00. The van der Waals surface area contributed by atoms with Crippen molar-refractivity contribution in [1.29, 1.82) is 0 Å². The number of benzene rings is 1. The molecule has 0 saturated heterocycles. The van der Waals surface area contributed by atoms with Crippen molar-refractivity contribution in [3.8, 4) is 5.75 Å². The lowest BCUT2D eigenvalue weighted by Gasteiger charge is -2.05. The number of Topliss-reactive ketones (excluding diaryl/α,β-unsaturated/α-hetero) is 1. The predicted octanol–water partition coefficient (Wildman–Crippen LogP) is 5.22. The van der Waals surface area contributed by atoms with Gasteiger partial charge in [0.15, 0.2) is 0 Å². The third kappa shape index (κ3) is 21.5. The molecule has 142 valence electrons. The normalized spacial score (nSPS) is 9.08. The van der Waals surface area contributed by atoms with Crippen molar-refractivity contribution in [2.75, 3.05) is 11.9 Å². The predicted molar refractivity (Wildman–Crippen MR) is 114 cm³/mol. The van der Waals surface area contributed by atoms with Gasteiger partial charge in [-0.05, 0) is 50.8 Å². The quantitative estimate of drug-likeness (QED) is 0.340. The van der Waals surface area contributed by atoms with E-state index in [-0.39, 0.29) is 6.42 Å². The summed E-state index contributed by atoms with van der Waals surface area (Å²) >= 11 is 14.0. The summed E-state index contributed by atoms with van der Waals surface area (Å²) in [5, 5.41) is 9.43. The van der Waals surface area contributed by atoms with Crippen LogP contribution in [0.5, 0.6) is 5.75 Å². The van der Waals surface area contributed by atoms with E-state index < -0.39 is 5.97 Å². The summed E-state index contributed by atoms with van der Waals surface area (Å²) in [7, 11) is 0. The van der Waals surface area contributed by atoms with E-state index in [1.165, 1.54) is 0 Å². The molecule has 1 aromatic rings. The van der Waals surface area contributed by atoms with Crippen LogP contribution in [0.3, 0.4) is 0 Å². The highest BCUT2D eigenvalue weighted by Crippen LogP contribution is 2.17. The monoisotopic (exact) mass is 514 g/mol. The summed E-state index contributed by atoms with van der Waals surface area (Å²) < 4.78 is 6.42. The highest BCUT2D eigenvalue weighted by Gasteiger charge is 1.98. The maximum absolute atomic E-state index is 10.3. The number of unbranched alkanes of at least 4 members (excludes halogenated alkanes) is 2. The Morgan fingerprint density at radius 1 is 1.12 bits per heavy atom. The topological polar surface area (TPSA) is 63.6 Å². The highest BCUT2D eigenvalue weighted by molar-refractivity contribution is 9.10. The molecule has 0 spiro atoms. The molecule has 0 radical (unpaired) electrons. The minimum Gasteiger partial charge on any atom is -0.494 e. The van der Waals surface area contributed by atoms with E-state index in [9.17, 15) is 9.59 Å². The molecule has 0 amide bonds. The molecule has 8 heteroatoms. The number of aliphatic carboxylic acids is 1.